The van der Waals surface area contributed by atoms with Crippen molar-refractivity contribution in [3.63, 3.8) is 0 Å². The van der Waals surface area contributed by atoms with Gasteiger partial charge in [-0.15, -0.1) is 6.42 Å². The first-order chi connectivity index (χ1) is 12.0. The van der Waals surface area contributed by atoms with Gasteiger partial charge in [0.15, 0.2) is 11.5 Å². The molecule has 1 aliphatic rings. The van der Waals surface area contributed by atoms with Crippen LogP contribution in [-0.4, -0.2) is 52.6 Å². The molecule has 3 rings (SSSR count). The SMILES string of the molecule is C#CCN1CCN(c2cc(C(F)(F)F)nc(-c3ccncc3)n2)CC1. The van der Waals surface area contributed by atoms with Gasteiger partial charge in [-0.25, -0.2) is 9.97 Å². The van der Waals surface area contributed by atoms with Crippen molar-refractivity contribution in [1.29, 1.82) is 0 Å². The number of hydrogen-bond acceptors (Lipinski definition) is 5. The number of pyridine rings is 1. The molecule has 0 N–H and O–H groups in total. The summed E-state index contributed by atoms with van der Waals surface area (Å²) in [7, 11) is 0. The minimum absolute atomic E-state index is 0.0401. The van der Waals surface area contributed by atoms with Gasteiger partial charge in [-0.2, -0.15) is 13.2 Å². The van der Waals surface area contributed by atoms with Gasteiger partial charge in [-0.05, 0) is 12.1 Å². The number of piperazine rings is 1. The highest BCUT2D eigenvalue weighted by Gasteiger charge is 2.34. The lowest BCUT2D eigenvalue weighted by atomic mass is 10.2. The topological polar surface area (TPSA) is 45.2 Å². The van der Waals surface area contributed by atoms with Gasteiger partial charge in [-0.3, -0.25) is 9.88 Å². The molecule has 0 aliphatic carbocycles. The number of nitrogens with zero attached hydrogens (tertiary/aromatic N) is 5. The van der Waals surface area contributed by atoms with Crippen LogP contribution in [0.25, 0.3) is 11.4 Å². The summed E-state index contributed by atoms with van der Waals surface area (Å²) in [5, 5.41) is 0. The van der Waals surface area contributed by atoms with Crippen LogP contribution < -0.4 is 4.90 Å². The second kappa shape index (κ2) is 7.07. The number of alkyl halides is 3. The first-order valence-electron chi connectivity index (χ1n) is 7.75. The number of hydrogen-bond donors (Lipinski definition) is 0. The van der Waals surface area contributed by atoms with Crippen LogP contribution in [0.4, 0.5) is 19.0 Å². The lowest BCUT2D eigenvalue weighted by Crippen LogP contribution is -2.46. The smallest absolute Gasteiger partial charge is 0.354 e. The molecule has 3 heterocycles. The molecule has 1 saturated heterocycles. The monoisotopic (exact) mass is 347 g/mol. The molecule has 0 amide bonds. The first kappa shape index (κ1) is 17.2. The minimum Gasteiger partial charge on any atom is -0.354 e. The lowest BCUT2D eigenvalue weighted by molar-refractivity contribution is -0.141. The standard InChI is InChI=1S/C17H16F3N5/c1-2-7-24-8-10-25(11-9-24)15-12-14(17(18,19)20)22-16(23-15)13-3-5-21-6-4-13/h1,3-6,12H,7-11H2. The van der Waals surface area contributed by atoms with Gasteiger partial charge >= 0.3 is 6.18 Å². The molecule has 0 unspecified atom stereocenters. The molecule has 2 aromatic heterocycles. The normalized spacial score (nSPS) is 15.8. The van der Waals surface area contributed by atoms with E-state index in [9.17, 15) is 13.2 Å². The van der Waals surface area contributed by atoms with Gasteiger partial charge < -0.3 is 4.90 Å². The van der Waals surface area contributed by atoms with Crippen LogP contribution in [0.2, 0.25) is 0 Å². The summed E-state index contributed by atoms with van der Waals surface area (Å²) in [6.45, 7) is 3.02. The predicted molar refractivity (Wildman–Crippen MR) is 87.8 cm³/mol. The van der Waals surface area contributed by atoms with Crippen molar-refractivity contribution >= 4 is 5.82 Å². The summed E-state index contributed by atoms with van der Waals surface area (Å²) < 4.78 is 39.7. The maximum Gasteiger partial charge on any atom is 0.433 e. The average Bonchev–Trinajstić information content (AvgIpc) is 2.62. The van der Waals surface area contributed by atoms with Crippen LogP contribution in [0.3, 0.4) is 0 Å². The molecule has 0 bridgehead atoms. The summed E-state index contributed by atoms with van der Waals surface area (Å²) in [6.07, 6.45) is 3.76. The van der Waals surface area contributed by atoms with E-state index in [2.05, 4.69) is 25.8 Å². The Kier molecular flexibility index (Phi) is 4.86. The number of aromatic nitrogens is 3. The molecule has 0 saturated carbocycles. The van der Waals surface area contributed by atoms with E-state index in [1.54, 1.807) is 12.1 Å². The van der Waals surface area contributed by atoms with E-state index < -0.39 is 11.9 Å². The van der Waals surface area contributed by atoms with Crippen LogP contribution in [-0.2, 0) is 6.18 Å². The van der Waals surface area contributed by atoms with Crippen molar-refractivity contribution in [3.05, 3.63) is 36.3 Å². The summed E-state index contributed by atoms with van der Waals surface area (Å²) in [5.74, 6) is 2.89. The molecule has 1 aliphatic heterocycles. The molecule has 2 aromatic rings. The molecular weight excluding hydrogens is 331 g/mol. The van der Waals surface area contributed by atoms with E-state index in [1.165, 1.54) is 12.4 Å². The third-order valence-corrected chi connectivity index (χ3v) is 3.95. The summed E-state index contributed by atoms with van der Waals surface area (Å²) >= 11 is 0. The van der Waals surface area contributed by atoms with Gasteiger partial charge in [0.05, 0.1) is 6.54 Å². The first-order valence-corrected chi connectivity index (χ1v) is 7.75. The molecule has 8 heteroatoms. The minimum atomic E-state index is -4.54. The van der Waals surface area contributed by atoms with E-state index >= 15 is 0 Å². The molecule has 0 spiro atoms. The van der Waals surface area contributed by atoms with Crippen LogP contribution in [0.15, 0.2) is 30.6 Å². The zero-order valence-corrected chi connectivity index (χ0v) is 13.4. The number of terminal acetylenes is 1. The number of rotatable bonds is 3. The maximum atomic E-state index is 13.2. The van der Waals surface area contributed by atoms with Crippen LogP contribution in [0.1, 0.15) is 5.69 Å². The van der Waals surface area contributed by atoms with E-state index in [-0.39, 0.29) is 11.6 Å². The Morgan fingerprint density at radius 3 is 2.36 bits per heavy atom. The molecule has 0 atom stereocenters. The lowest BCUT2D eigenvalue weighted by Gasteiger charge is -2.34. The largest absolute Gasteiger partial charge is 0.433 e. The molecule has 5 nitrogen and oxygen atoms in total. The van der Waals surface area contributed by atoms with Crippen molar-refractivity contribution < 1.29 is 13.2 Å². The fourth-order valence-electron chi connectivity index (χ4n) is 2.64. The van der Waals surface area contributed by atoms with Gasteiger partial charge in [0.2, 0.25) is 0 Å². The second-order valence-corrected chi connectivity index (χ2v) is 5.64. The number of anilines is 1. The second-order valence-electron chi connectivity index (χ2n) is 5.64. The van der Waals surface area contributed by atoms with Gasteiger partial charge in [0.25, 0.3) is 0 Å². The van der Waals surface area contributed by atoms with Crippen LogP contribution in [0, 0.1) is 12.3 Å². The zero-order valence-electron chi connectivity index (χ0n) is 13.4. The highest BCUT2D eigenvalue weighted by atomic mass is 19.4. The van der Waals surface area contributed by atoms with Crippen LogP contribution in [0.5, 0.6) is 0 Å². The Labute approximate surface area is 143 Å². The average molecular weight is 347 g/mol. The number of halogens is 3. The molecule has 130 valence electrons. The zero-order chi connectivity index (χ0) is 17.9. The third kappa shape index (κ3) is 4.06. The van der Waals surface area contributed by atoms with E-state index in [0.29, 0.717) is 38.3 Å². The van der Waals surface area contributed by atoms with Gasteiger partial charge in [-0.1, -0.05) is 5.92 Å². The van der Waals surface area contributed by atoms with Crippen molar-refractivity contribution in [2.45, 2.75) is 6.18 Å². The molecule has 25 heavy (non-hydrogen) atoms. The van der Waals surface area contributed by atoms with Gasteiger partial charge in [0.1, 0.15) is 5.82 Å². The quantitative estimate of drug-likeness (QED) is 0.798. The molecule has 0 aromatic carbocycles. The summed E-state index contributed by atoms with van der Waals surface area (Å²) in [5.41, 5.74) is -0.455. The van der Waals surface area contributed by atoms with Crippen molar-refractivity contribution in [2.24, 2.45) is 0 Å². The van der Waals surface area contributed by atoms with E-state index in [0.717, 1.165) is 6.07 Å². The van der Waals surface area contributed by atoms with Crippen molar-refractivity contribution in [1.82, 2.24) is 19.9 Å². The predicted octanol–water partition coefficient (Wildman–Crippen LogP) is 2.31. The highest BCUT2D eigenvalue weighted by molar-refractivity contribution is 5.57. The van der Waals surface area contributed by atoms with Crippen molar-refractivity contribution in [3.8, 4) is 23.7 Å². The van der Waals surface area contributed by atoms with E-state index in [1.807, 2.05) is 4.90 Å². The fourth-order valence-corrected chi connectivity index (χ4v) is 2.64. The fraction of sp³-hybridized carbons (Fsp3) is 0.353. The Morgan fingerprint density at radius 2 is 1.76 bits per heavy atom. The van der Waals surface area contributed by atoms with Gasteiger partial charge in [0, 0.05) is 50.2 Å². The van der Waals surface area contributed by atoms with Crippen LogP contribution >= 0.6 is 0 Å². The molecular formula is C17H16F3N5. The van der Waals surface area contributed by atoms with Crippen molar-refractivity contribution in [2.75, 3.05) is 37.6 Å². The summed E-state index contributed by atoms with van der Waals surface area (Å²) in [4.78, 5) is 15.8. The Hall–Kier alpha value is -2.66. The molecule has 0 radical (unpaired) electrons. The summed E-state index contributed by atoms with van der Waals surface area (Å²) in [6, 6.07) is 4.18. The maximum absolute atomic E-state index is 13.2. The molecule has 1 fully saturated rings. The third-order valence-electron chi connectivity index (χ3n) is 3.95. The Morgan fingerprint density at radius 1 is 1.08 bits per heavy atom. The highest BCUT2D eigenvalue weighted by Crippen LogP contribution is 2.31. The van der Waals surface area contributed by atoms with E-state index in [4.69, 9.17) is 6.42 Å². The Balaban J connectivity index is 1.93. The Bertz CT molecular complexity index is 762.